The second kappa shape index (κ2) is 8.68. The Labute approximate surface area is 167 Å². The highest BCUT2D eigenvalue weighted by molar-refractivity contribution is 7.86. The monoisotopic (exact) mass is 405 g/mol. The summed E-state index contributed by atoms with van der Waals surface area (Å²) < 4.78 is 42.1. The summed E-state index contributed by atoms with van der Waals surface area (Å²) in [6.45, 7) is 7.57. The Hall–Kier alpha value is -1.83. The molecule has 1 atom stereocenters. The summed E-state index contributed by atoms with van der Waals surface area (Å²) in [5, 5.41) is 0. The fourth-order valence-electron chi connectivity index (χ4n) is 3.85. The van der Waals surface area contributed by atoms with Gasteiger partial charge in [0.25, 0.3) is 10.2 Å². The van der Waals surface area contributed by atoms with Crippen molar-refractivity contribution in [1.82, 2.24) is 13.6 Å². The molecule has 2 aromatic rings. The molecule has 152 valence electrons. The molecule has 1 aliphatic heterocycles. The van der Waals surface area contributed by atoms with Gasteiger partial charge in [0.1, 0.15) is 5.82 Å². The summed E-state index contributed by atoms with van der Waals surface area (Å²) >= 11 is 0. The first-order valence-electron chi connectivity index (χ1n) is 9.80. The van der Waals surface area contributed by atoms with Crippen molar-refractivity contribution >= 4 is 10.2 Å². The Kier molecular flexibility index (Phi) is 6.47. The van der Waals surface area contributed by atoms with Gasteiger partial charge in [-0.05, 0) is 55.2 Å². The molecule has 0 N–H and O–H groups in total. The molecule has 5 nitrogen and oxygen atoms in total. The lowest BCUT2D eigenvalue weighted by atomic mass is 9.98. The number of hydrogen-bond donors (Lipinski definition) is 0. The zero-order valence-electron chi connectivity index (χ0n) is 16.7. The van der Waals surface area contributed by atoms with E-state index in [0.717, 1.165) is 28.9 Å². The van der Waals surface area contributed by atoms with Gasteiger partial charge in [-0.25, -0.2) is 4.39 Å². The second-order valence-electron chi connectivity index (χ2n) is 7.28. The molecule has 0 unspecified atom stereocenters. The molecule has 1 fully saturated rings. The van der Waals surface area contributed by atoms with Crippen LogP contribution >= 0.6 is 0 Å². The van der Waals surface area contributed by atoms with E-state index in [0.29, 0.717) is 32.6 Å². The van der Waals surface area contributed by atoms with Crippen LogP contribution in [0.5, 0.6) is 0 Å². The maximum absolute atomic E-state index is 13.5. The van der Waals surface area contributed by atoms with Crippen LogP contribution in [0, 0.1) is 12.7 Å². The predicted octanol–water partition coefficient (Wildman–Crippen LogP) is 3.50. The van der Waals surface area contributed by atoms with E-state index in [1.54, 1.807) is 16.4 Å². The average Bonchev–Trinajstić information content (AvgIpc) is 3.13. The number of benzene rings is 1. The van der Waals surface area contributed by atoms with Crippen LogP contribution in [0.4, 0.5) is 4.39 Å². The molecule has 0 amide bonds. The van der Waals surface area contributed by atoms with E-state index in [1.165, 1.54) is 10.4 Å². The zero-order valence-corrected chi connectivity index (χ0v) is 17.5. The maximum Gasteiger partial charge on any atom is 0.281 e. The summed E-state index contributed by atoms with van der Waals surface area (Å²) in [7, 11) is -3.42. The molecule has 28 heavy (non-hydrogen) atoms. The van der Waals surface area contributed by atoms with Gasteiger partial charge >= 0.3 is 0 Å². The van der Waals surface area contributed by atoms with Crippen LogP contribution in [0.1, 0.15) is 48.7 Å². The highest BCUT2D eigenvalue weighted by Gasteiger charge is 2.35. The number of nitrogens with zero attached hydrogens (tertiary/aromatic N) is 3. The van der Waals surface area contributed by atoms with E-state index in [1.807, 2.05) is 39.0 Å². The van der Waals surface area contributed by atoms with Crippen LogP contribution in [0.3, 0.4) is 0 Å². The summed E-state index contributed by atoms with van der Waals surface area (Å²) in [6.07, 6.45) is 1.39. The molecule has 0 spiro atoms. The zero-order chi connectivity index (χ0) is 20.3. The Balaban J connectivity index is 1.78. The average molecular weight is 406 g/mol. The third-order valence-electron chi connectivity index (χ3n) is 5.26. The van der Waals surface area contributed by atoms with Crippen molar-refractivity contribution in [3.63, 3.8) is 0 Å². The molecule has 1 saturated heterocycles. The van der Waals surface area contributed by atoms with Gasteiger partial charge in [0.05, 0.1) is 0 Å². The van der Waals surface area contributed by atoms with E-state index < -0.39 is 10.2 Å². The number of pyridine rings is 1. The van der Waals surface area contributed by atoms with Gasteiger partial charge in [-0.1, -0.05) is 26.0 Å². The quantitative estimate of drug-likeness (QED) is 0.709. The van der Waals surface area contributed by atoms with Crippen LogP contribution in [-0.2, 0) is 16.6 Å². The van der Waals surface area contributed by atoms with Crippen LogP contribution in [0.25, 0.3) is 0 Å². The molecule has 0 aliphatic carbocycles. The first-order valence-corrected chi connectivity index (χ1v) is 11.2. The highest BCUT2D eigenvalue weighted by Crippen LogP contribution is 2.30. The Bertz CT molecular complexity index is 929. The number of aryl methyl sites for hydroxylation is 1. The first kappa shape index (κ1) is 20.9. The van der Waals surface area contributed by atoms with E-state index in [2.05, 4.69) is 4.98 Å². The van der Waals surface area contributed by atoms with Gasteiger partial charge in [0.2, 0.25) is 0 Å². The van der Waals surface area contributed by atoms with Gasteiger partial charge in [0, 0.05) is 43.5 Å². The molecule has 2 heterocycles. The number of rotatable bonds is 7. The van der Waals surface area contributed by atoms with Gasteiger partial charge in [-0.3, -0.25) is 4.98 Å². The standard InChI is InChI=1S/C21H28FN3O2S/c1-4-24(5-2)28(26,27)25-10-9-19(15-25)21-14-18(11-16(3)23-21)12-17-7-6-8-20(22)13-17/h6-8,11,13-14,19H,4-5,9-10,12,15H2,1-3H3/t19-/m1/s1. The smallest absolute Gasteiger partial charge is 0.258 e. The topological polar surface area (TPSA) is 53.5 Å². The van der Waals surface area contributed by atoms with Crippen LogP contribution in [-0.4, -0.2) is 48.2 Å². The SMILES string of the molecule is CCN(CC)S(=O)(=O)N1CC[C@@H](c2cc(Cc3cccc(F)c3)cc(C)n2)C1. The molecule has 0 saturated carbocycles. The van der Waals surface area contributed by atoms with Crippen molar-refractivity contribution in [1.29, 1.82) is 0 Å². The fourth-order valence-corrected chi connectivity index (χ4v) is 5.54. The van der Waals surface area contributed by atoms with Crippen LogP contribution in [0.15, 0.2) is 36.4 Å². The van der Waals surface area contributed by atoms with Crippen LogP contribution < -0.4 is 0 Å². The van der Waals surface area contributed by atoms with Crippen molar-refractivity contribution in [2.45, 2.75) is 39.5 Å². The van der Waals surface area contributed by atoms with Gasteiger partial charge in [0.15, 0.2) is 0 Å². The van der Waals surface area contributed by atoms with Gasteiger partial charge in [-0.15, -0.1) is 0 Å². The van der Waals surface area contributed by atoms with Crippen molar-refractivity contribution in [2.24, 2.45) is 0 Å². The number of hydrogen-bond acceptors (Lipinski definition) is 3. The molecule has 3 rings (SSSR count). The Morgan fingerprint density at radius 1 is 1.18 bits per heavy atom. The fraction of sp³-hybridized carbons (Fsp3) is 0.476. The summed E-state index contributed by atoms with van der Waals surface area (Å²) in [4.78, 5) is 4.67. The van der Waals surface area contributed by atoms with E-state index in [4.69, 9.17) is 0 Å². The van der Waals surface area contributed by atoms with E-state index >= 15 is 0 Å². The van der Waals surface area contributed by atoms with E-state index in [-0.39, 0.29) is 11.7 Å². The van der Waals surface area contributed by atoms with Gasteiger partial charge in [-0.2, -0.15) is 17.0 Å². The van der Waals surface area contributed by atoms with Crippen molar-refractivity contribution < 1.29 is 12.8 Å². The lowest BCUT2D eigenvalue weighted by Crippen LogP contribution is -2.42. The number of halogens is 1. The highest BCUT2D eigenvalue weighted by atomic mass is 32.2. The minimum Gasteiger partial charge on any atom is -0.258 e. The third kappa shape index (κ3) is 4.59. The minimum atomic E-state index is -3.42. The molecule has 0 bridgehead atoms. The van der Waals surface area contributed by atoms with Crippen molar-refractivity contribution in [3.8, 4) is 0 Å². The number of aromatic nitrogens is 1. The molecule has 1 aromatic heterocycles. The van der Waals surface area contributed by atoms with Crippen LogP contribution in [0.2, 0.25) is 0 Å². The largest absolute Gasteiger partial charge is 0.281 e. The normalized spacial score (nSPS) is 18.1. The molecule has 1 aromatic carbocycles. The minimum absolute atomic E-state index is 0.0801. The molecular weight excluding hydrogens is 377 g/mol. The molecule has 0 radical (unpaired) electrons. The van der Waals surface area contributed by atoms with Gasteiger partial charge < -0.3 is 0 Å². The second-order valence-corrected chi connectivity index (χ2v) is 9.21. The summed E-state index contributed by atoms with van der Waals surface area (Å²) in [5.41, 5.74) is 3.80. The Morgan fingerprint density at radius 3 is 2.61 bits per heavy atom. The Morgan fingerprint density at radius 2 is 1.93 bits per heavy atom. The molecule has 7 heteroatoms. The molecule has 1 aliphatic rings. The summed E-state index contributed by atoms with van der Waals surface area (Å²) in [5.74, 6) is -0.159. The lowest BCUT2D eigenvalue weighted by Gasteiger charge is -2.25. The van der Waals surface area contributed by atoms with Crippen molar-refractivity contribution in [3.05, 3.63) is 64.7 Å². The lowest BCUT2D eigenvalue weighted by molar-refractivity contribution is 0.377. The third-order valence-corrected chi connectivity index (χ3v) is 7.41. The van der Waals surface area contributed by atoms with E-state index in [9.17, 15) is 12.8 Å². The first-order chi connectivity index (χ1) is 13.3. The van der Waals surface area contributed by atoms with Crippen molar-refractivity contribution in [2.75, 3.05) is 26.2 Å². The molecular formula is C21H28FN3O2S. The maximum atomic E-state index is 13.5. The summed E-state index contributed by atoms with van der Waals surface area (Å²) in [6, 6.07) is 10.7. The predicted molar refractivity (Wildman–Crippen MR) is 109 cm³/mol.